The summed E-state index contributed by atoms with van der Waals surface area (Å²) in [5.41, 5.74) is 0. The topological polar surface area (TPSA) is 61.4 Å². The SMILES string of the molecule is CC(C)CCCCNC(=O)NCCCO. The number of urea groups is 1. The summed E-state index contributed by atoms with van der Waals surface area (Å²) >= 11 is 0. The van der Waals surface area contributed by atoms with Crippen molar-refractivity contribution >= 4 is 6.03 Å². The highest BCUT2D eigenvalue weighted by Gasteiger charge is 1.98. The lowest BCUT2D eigenvalue weighted by atomic mass is 10.1. The Hall–Kier alpha value is -0.770. The van der Waals surface area contributed by atoms with E-state index in [9.17, 15) is 4.79 Å². The van der Waals surface area contributed by atoms with Gasteiger partial charge in [-0.2, -0.15) is 0 Å². The lowest BCUT2D eigenvalue weighted by Crippen LogP contribution is -2.36. The molecule has 0 radical (unpaired) electrons. The van der Waals surface area contributed by atoms with Gasteiger partial charge < -0.3 is 15.7 Å². The number of carbonyl (C=O) groups is 1. The molecular weight excluding hydrogens is 192 g/mol. The second-order valence-corrected chi connectivity index (χ2v) is 4.15. The van der Waals surface area contributed by atoms with Crippen molar-refractivity contribution in [2.45, 2.75) is 39.5 Å². The molecule has 0 aromatic heterocycles. The van der Waals surface area contributed by atoms with E-state index >= 15 is 0 Å². The average Bonchev–Trinajstić information content (AvgIpc) is 2.17. The Kier molecular flexibility index (Phi) is 9.27. The summed E-state index contributed by atoms with van der Waals surface area (Å²) in [6.07, 6.45) is 4.02. The molecule has 90 valence electrons. The highest BCUT2D eigenvalue weighted by molar-refractivity contribution is 5.73. The summed E-state index contributed by atoms with van der Waals surface area (Å²) in [5, 5.41) is 14.0. The smallest absolute Gasteiger partial charge is 0.314 e. The van der Waals surface area contributed by atoms with Gasteiger partial charge in [0.25, 0.3) is 0 Å². The third kappa shape index (κ3) is 11.2. The van der Waals surface area contributed by atoms with Gasteiger partial charge in [-0.3, -0.25) is 0 Å². The minimum atomic E-state index is -0.131. The van der Waals surface area contributed by atoms with Crippen LogP contribution in [-0.4, -0.2) is 30.8 Å². The van der Waals surface area contributed by atoms with Crippen molar-refractivity contribution in [2.24, 2.45) is 5.92 Å². The molecular formula is C11H24N2O2. The molecule has 4 heteroatoms. The predicted molar refractivity (Wildman–Crippen MR) is 61.8 cm³/mol. The van der Waals surface area contributed by atoms with Crippen molar-refractivity contribution in [1.29, 1.82) is 0 Å². The van der Waals surface area contributed by atoms with E-state index in [2.05, 4.69) is 24.5 Å². The van der Waals surface area contributed by atoms with Gasteiger partial charge in [0.05, 0.1) is 0 Å². The van der Waals surface area contributed by atoms with Crippen molar-refractivity contribution in [1.82, 2.24) is 10.6 Å². The van der Waals surface area contributed by atoms with Crippen molar-refractivity contribution in [3.8, 4) is 0 Å². The zero-order valence-electron chi connectivity index (χ0n) is 9.88. The first-order chi connectivity index (χ1) is 7.16. The lowest BCUT2D eigenvalue weighted by Gasteiger charge is -2.07. The molecule has 0 spiro atoms. The van der Waals surface area contributed by atoms with Crippen molar-refractivity contribution in [3.05, 3.63) is 0 Å². The first-order valence-corrected chi connectivity index (χ1v) is 5.79. The number of aliphatic hydroxyl groups excluding tert-OH is 1. The van der Waals surface area contributed by atoms with E-state index in [1.807, 2.05) is 0 Å². The van der Waals surface area contributed by atoms with Crippen LogP contribution in [0.3, 0.4) is 0 Å². The zero-order chi connectivity index (χ0) is 11.5. The Morgan fingerprint density at radius 1 is 1.13 bits per heavy atom. The molecule has 0 fully saturated rings. The molecule has 0 aromatic carbocycles. The Morgan fingerprint density at radius 3 is 2.27 bits per heavy atom. The van der Waals surface area contributed by atoms with E-state index in [-0.39, 0.29) is 12.6 Å². The molecule has 0 aliphatic heterocycles. The maximum absolute atomic E-state index is 11.1. The largest absolute Gasteiger partial charge is 0.396 e. The summed E-state index contributed by atoms with van der Waals surface area (Å²) in [6.45, 7) is 5.80. The van der Waals surface area contributed by atoms with Crippen LogP contribution >= 0.6 is 0 Å². The molecule has 0 unspecified atom stereocenters. The highest BCUT2D eigenvalue weighted by Crippen LogP contribution is 2.04. The van der Waals surface area contributed by atoms with E-state index in [1.165, 1.54) is 6.42 Å². The van der Waals surface area contributed by atoms with E-state index in [4.69, 9.17) is 5.11 Å². The second-order valence-electron chi connectivity index (χ2n) is 4.15. The van der Waals surface area contributed by atoms with Crippen LogP contribution in [0, 0.1) is 5.92 Å². The maximum Gasteiger partial charge on any atom is 0.314 e. The van der Waals surface area contributed by atoms with Gasteiger partial charge >= 0.3 is 6.03 Å². The van der Waals surface area contributed by atoms with Crippen LogP contribution in [-0.2, 0) is 0 Å². The van der Waals surface area contributed by atoms with Crippen LogP contribution < -0.4 is 10.6 Å². The van der Waals surface area contributed by atoms with E-state index < -0.39 is 0 Å². The van der Waals surface area contributed by atoms with Gasteiger partial charge in [0, 0.05) is 19.7 Å². The van der Waals surface area contributed by atoms with Crippen LogP contribution in [0.1, 0.15) is 39.5 Å². The third-order valence-electron chi connectivity index (χ3n) is 2.11. The Balaban J connectivity index is 3.17. The fraction of sp³-hybridized carbons (Fsp3) is 0.909. The summed E-state index contributed by atoms with van der Waals surface area (Å²) in [7, 11) is 0. The molecule has 2 amide bonds. The fourth-order valence-corrected chi connectivity index (χ4v) is 1.22. The van der Waals surface area contributed by atoms with Gasteiger partial charge in [-0.1, -0.05) is 26.7 Å². The zero-order valence-corrected chi connectivity index (χ0v) is 9.88. The first kappa shape index (κ1) is 14.2. The van der Waals surface area contributed by atoms with Crippen LogP contribution in [0.15, 0.2) is 0 Å². The molecule has 3 N–H and O–H groups in total. The number of nitrogens with one attached hydrogen (secondary N) is 2. The van der Waals surface area contributed by atoms with Gasteiger partial charge in [0.15, 0.2) is 0 Å². The first-order valence-electron chi connectivity index (χ1n) is 5.79. The molecule has 0 atom stereocenters. The second kappa shape index (κ2) is 9.77. The summed E-state index contributed by atoms with van der Waals surface area (Å²) < 4.78 is 0. The molecule has 15 heavy (non-hydrogen) atoms. The van der Waals surface area contributed by atoms with Gasteiger partial charge in [-0.15, -0.1) is 0 Å². The van der Waals surface area contributed by atoms with Gasteiger partial charge in [-0.25, -0.2) is 4.79 Å². The molecule has 0 heterocycles. The number of unbranched alkanes of at least 4 members (excludes halogenated alkanes) is 1. The quantitative estimate of drug-likeness (QED) is 0.538. The van der Waals surface area contributed by atoms with E-state index in [0.29, 0.717) is 13.0 Å². The van der Waals surface area contributed by atoms with Crippen LogP contribution in [0.2, 0.25) is 0 Å². The van der Waals surface area contributed by atoms with E-state index in [0.717, 1.165) is 25.3 Å². The van der Waals surface area contributed by atoms with Crippen LogP contribution in [0.5, 0.6) is 0 Å². The summed E-state index contributed by atoms with van der Waals surface area (Å²) in [5.74, 6) is 0.739. The Morgan fingerprint density at radius 2 is 1.73 bits per heavy atom. The predicted octanol–water partition coefficient (Wildman–Crippen LogP) is 1.49. The minimum Gasteiger partial charge on any atom is -0.396 e. The number of hydrogen-bond acceptors (Lipinski definition) is 2. The van der Waals surface area contributed by atoms with Crippen LogP contribution in [0.25, 0.3) is 0 Å². The van der Waals surface area contributed by atoms with Crippen molar-refractivity contribution < 1.29 is 9.90 Å². The Bertz CT molecular complexity index is 161. The van der Waals surface area contributed by atoms with Gasteiger partial charge in [-0.05, 0) is 18.8 Å². The molecule has 0 aliphatic rings. The molecule has 4 nitrogen and oxygen atoms in total. The van der Waals surface area contributed by atoms with Gasteiger partial charge in [0.2, 0.25) is 0 Å². The molecule has 0 saturated carbocycles. The maximum atomic E-state index is 11.1. The number of rotatable bonds is 8. The molecule has 0 aliphatic carbocycles. The normalized spacial score (nSPS) is 10.4. The number of aliphatic hydroxyl groups is 1. The summed E-state index contributed by atoms with van der Waals surface area (Å²) in [6, 6.07) is -0.131. The standard InChI is InChI=1S/C11H24N2O2/c1-10(2)6-3-4-7-12-11(15)13-8-5-9-14/h10,14H,3-9H2,1-2H3,(H2,12,13,15). The fourth-order valence-electron chi connectivity index (χ4n) is 1.22. The summed E-state index contributed by atoms with van der Waals surface area (Å²) in [4.78, 5) is 11.1. The van der Waals surface area contributed by atoms with Crippen LogP contribution in [0.4, 0.5) is 4.79 Å². The molecule has 0 saturated heterocycles. The van der Waals surface area contributed by atoms with Crippen molar-refractivity contribution in [3.63, 3.8) is 0 Å². The molecule has 0 aromatic rings. The Labute approximate surface area is 92.4 Å². The van der Waals surface area contributed by atoms with Gasteiger partial charge in [0.1, 0.15) is 0 Å². The minimum absolute atomic E-state index is 0.120. The van der Waals surface area contributed by atoms with E-state index in [1.54, 1.807) is 0 Å². The number of hydrogen-bond donors (Lipinski definition) is 3. The molecule has 0 bridgehead atoms. The lowest BCUT2D eigenvalue weighted by molar-refractivity contribution is 0.238. The average molecular weight is 216 g/mol. The van der Waals surface area contributed by atoms with Crippen molar-refractivity contribution in [2.75, 3.05) is 19.7 Å². The highest BCUT2D eigenvalue weighted by atomic mass is 16.3. The monoisotopic (exact) mass is 216 g/mol. The number of carbonyl (C=O) groups excluding carboxylic acids is 1. The number of amides is 2. The molecule has 0 rings (SSSR count). The third-order valence-corrected chi connectivity index (χ3v) is 2.11.